The van der Waals surface area contributed by atoms with Crippen molar-refractivity contribution in [1.82, 2.24) is 4.90 Å². The molecule has 0 aliphatic carbocycles. The van der Waals surface area contributed by atoms with E-state index in [1.165, 1.54) is 0 Å². The van der Waals surface area contributed by atoms with Crippen molar-refractivity contribution in [2.75, 3.05) is 26.7 Å². The van der Waals surface area contributed by atoms with E-state index < -0.39 is 6.10 Å². The van der Waals surface area contributed by atoms with Gasteiger partial charge in [-0.3, -0.25) is 0 Å². The summed E-state index contributed by atoms with van der Waals surface area (Å²) < 4.78 is 5.52. The Morgan fingerprint density at radius 3 is 2.65 bits per heavy atom. The summed E-state index contributed by atoms with van der Waals surface area (Å²) in [6.45, 7) is 6.34. The van der Waals surface area contributed by atoms with Crippen LogP contribution in [0.4, 0.5) is 0 Å². The van der Waals surface area contributed by atoms with Crippen LogP contribution in [0.3, 0.4) is 0 Å². The summed E-state index contributed by atoms with van der Waals surface area (Å²) in [5.74, 6) is 0.785. The molecule has 0 bridgehead atoms. The highest BCUT2D eigenvalue weighted by Crippen LogP contribution is 2.25. The molecular formula is C14H23NO2. The molecule has 3 heteroatoms. The first kappa shape index (κ1) is 14.0. The van der Waals surface area contributed by atoms with Crippen LogP contribution in [-0.2, 0) is 0 Å². The lowest BCUT2D eigenvalue weighted by Crippen LogP contribution is -2.25. The maximum absolute atomic E-state index is 10.2. The normalized spacial score (nSPS) is 12.8. The quantitative estimate of drug-likeness (QED) is 0.790. The molecule has 0 aromatic heterocycles. The molecule has 0 spiro atoms. The molecule has 0 saturated carbocycles. The lowest BCUT2D eigenvalue weighted by molar-refractivity contribution is 0.123. The average Bonchev–Trinajstić information content (AvgIpc) is 2.30. The molecule has 1 N–H and O–H groups in total. The van der Waals surface area contributed by atoms with E-state index in [1.54, 1.807) is 0 Å². The Balaban J connectivity index is 2.70. The highest BCUT2D eigenvalue weighted by molar-refractivity contribution is 5.35. The highest BCUT2D eigenvalue weighted by atomic mass is 16.5. The standard InChI is InChI=1S/C14H23NO2/c1-4-10-15(3)11-13(16)12-8-6-7-9-14(12)17-5-2/h6-9,13,16H,4-5,10-11H2,1-3H3. The van der Waals surface area contributed by atoms with Crippen molar-refractivity contribution in [1.29, 1.82) is 0 Å². The molecule has 0 radical (unpaired) electrons. The van der Waals surface area contributed by atoms with Gasteiger partial charge in [0.15, 0.2) is 0 Å². The summed E-state index contributed by atoms with van der Waals surface area (Å²) in [5.41, 5.74) is 0.873. The van der Waals surface area contributed by atoms with Gasteiger partial charge < -0.3 is 14.7 Å². The van der Waals surface area contributed by atoms with E-state index >= 15 is 0 Å². The molecular weight excluding hydrogens is 214 g/mol. The van der Waals surface area contributed by atoms with E-state index in [9.17, 15) is 5.11 Å². The van der Waals surface area contributed by atoms with E-state index in [1.807, 2.05) is 38.2 Å². The fourth-order valence-electron chi connectivity index (χ4n) is 1.91. The fourth-order valence-corrected chi connectivity index (χ4v) is 1.91. The Labute approximate surface area is 104 Å². The second-order valence-electron chi connectivity index (χ2n) is 4.25. The van der Waals surface area contributed by atoms with Gasteiger partial charge in [-0.05, 0) is 33.0 Å². The first-order valence-corrected chi connectivity index (χ1v) is 6.27. The number of likely N-dealkylation sites (N-methyl/N-ethyl adjacent to an activating group) is 1. The van der Waals surface area contributed by atoms with Gasteiger partial charge in [0.1, 0.15) is 5.75 Å². The monoisotopic (exact) mass is 237 g/mol. The number of aliphatic hydroxyl groups is 1. The molecule has 1 atom stereocenters. The predicted octanol–water partition coefficient (Wildman–Crippen LogP) is 2.46. The lowest BCUT2D eigenvalue weighted by Gasteiger charge is -2.21. The Morgan fingerprint density at radius 1 is 1.29 bits per heavy atom. The van der Waals surface area contributed by atoms with Crippen LogP contribution in [0.15, 0.2) is 24.3 Å². The molecule has 0 fully saturated rings. The van der Waals surface area contributed by atoms with Gasteiger partial charge in [0, 0.05) is 12.1 Å². The van der Waals surface area contributed by atoms with Crippen LogP contribution in [-0.4, -0.2) is 36.8 Å². The lowest BCUT2D eigenvalue weighted by atomic mass is 10.1. The van der Waals surface area contributed by atoms with Gasteiger partial charge in [0.2, 0.25) is 0 Å². The van der Waals surface area contributed by atoms with Gasteiger partial charge in [-0.25, -0.2) is 0 Å². The molecule has 1 aromatic carbocycles. The minimum Gasteiger partial charge on any atom is -0.493 e. The summed E-state index contributed by atoms with van der Waals surface area (Å²) in [6.07, 6.45) is 0.602. The van der Waals surface area contributed by atoms with E-state index in [-0.39, 0.29) is 0 Å². The SMILES string of the molecule is CCCN(C)CC(O)c1ccccc1OCC. The van der Waals surface area contributed by atoms with E-state index in [2.05, 4.69) is 11.8 Å². The molecule has 0 heterocycles. The summed E-state index contributed by atoms with van der Waals surface area (Å²) in [4.78, 5) is 2.13. The summed E-state index contributed by atoms with van der Waals surface area (Å²) >= 11 is 0. The number of nitrogens with zero attached hydrogens (tertiary/aromatic N) is 1. The van der Waals surface area contributed by atoms with Gasteiger partial charge >= 0.3 is 0 Å². The molecule has 1 rings (SSSR count). The first-order valence-electron chi connectivity index (χ1n) is 6.27. The molecule has 17 heavy (non-hydrogen) atoms. The number of ether oxygens (including phenoxy) is 1. The maximum Gasteiger partial charge on any atom is 0.125 e. The Kier molecular flexibility index (Phi) is 6.01. The van der Waals surface area contributed by atoms with Crippen LogP contribution in [0, 0.1) is 0 Å². The Morgan fingerprint density at radius 2 is 2.00 bits per heavy atom. The molecule has 1 unspecified atom stereocenters. The van der Waals surface area contributed by atoms with Crippen molar-refractivity contribution in [3.05, 3.63) is 29.8 Å². The number of aliphatic hydroxyl groups excluding tert-OH is 1. The van der Waals surface area contributed by atoms with Crippen molar-refractivity contribution in [2.45, 2.75) is 26.4 Å². The fraction of sp³-hybridized carbons (Fsp3) is 0.571. The molecule has 0 aliphatic rings. The minimum absolute atomic E-state index is 0.491. The van der Waals surface area contributed by atoms with Crippen LogP contribution in [0.25, 0.3) is 0 Å². The Hall–Kier alpha value is -1.06. The predicted molar refractivity (Wildman–Crippen MR) is 70.4 cm³/mol. The van der Waals surface area contributed by atoms with Crippen LogP contribution >= 0.6 is 0 Å². The minimum atomic E-state index is -0.491. The smallest absolute Gasteiger partial charge is 0.125 e. The summed E-state index contributed by atoms with van der Waals surface area (Å²) in [5, 5.41) is 10.2. The van der Waals surface area contributed by atoms with Crippen LogP contribution in [0.2, 0.25) is 0 Å². The average molecular weight is 237 g/mol. The third kappa shape index (κ3) is 4.36. The van der Waals surface area contributed by atoms with E-state index in [0.717, 1.165) is 24.3 Å². The second-order valence-corrected chi connectivity index (χ2v) is 4.25. The van der Waals surface area contributed by atoms with Crippen molar-refractivity contribution >= 4 is 0 Å². The number of hydrogen-bond donors (Lipinski definition) is 1. The van der Waals surface area contributed by atoms with E-state index in [4.69, 9.17) is 4.74 Å². The van der Waals surface area contributed by atoms with Crippen molar-refractivity contribution in [3.8, 4) is 5.75 Å². The zero-order valence-corrected chi connectivity index (χ0v) is 11.0. The first-order chi connectivity index (χ1) is 8.19. The molecule has 3 nitrogen and oxygen atoms in total. The van der Waals surface area contributed by atoms with Crippen LogP contribution in [0.1, 0.15) is 31.9 Å². The maximum atomic E-state index is 10.2. The molecule has 0 aliphatic heterocycles. The molecule has 1 aromatic rings. The van der Waals surface area contributed by atoms with Crippen LogP contribution in [0.5, 0.6) is 5.75 Å². The largest absolute Gasteiger partial charge is 0.493 e. The van der Waals surface area contributed by atoms with Crippen molar-refractivity contribution in [2.24, 2.45) is 0 Å². The van der Waals surface area contributed by atoms with Gasteiger partial charge in [-0.2, -0.15) is 0 Å². The van der Waals surface area contributed by atoms with Gasteiger partial charge in [-0.15, -0.1) is 0 Å². The third-order valence-corrected chi connectivity index (χ3v) is 2.67. The second kappa shape index (κ2) is 7.30. The van der Waals surface area contributed by atoms with Crippen LogP contribution < -0.4 is 4.74 Å². The zero-order valence-electron chi connectivity index (χ0n) is 11.0. The molecule has 96 valence electrons. The third-order valence-electron chi connectivity index (χ3n) is 2.67. The van der Waals surface area contributed by atoms with Crippen molar-refractivity contribution in [3.63, 3.8) is 0 Å². The van der Waals surface area contributed by atoms with Gasteiger partial charge in [-0.1, -0.05) is 25.1 Å². The van der Waals surface area contributed by atoms with E-state index in [0.29, 0.717) is 13.2 Å². The summed E-state index contributed by atoms with van der Waals surface area (Å²) in [6, 6.07) is 7.69. The number of hydrogen-bond acceptors (Lipinski definition) is 3. The molecule has 0 amide bonds. The molecule has 0 saturated heterocycles. The van der Waals surface area contributed by atoms with Crippen molar-refractivity contribution < 1.29 is 9.84 Å². The summed E-state index contributed by atoms with van der Waals surface area (Å²) in [7, 11) is 2.02. The Bertz CT molecular complexity index is 328. The number of rotatable bonds is 7. The highest BCUT2D eigenvalue weighted by Gasteiger charge is 2.14. The van der Waals surface area contributed by atoms with Gasteiger partial charge in [0.25, 0.3) is 0 Å². The number of benzene rings is 1. The van der Waals surface area contributed by atoms with Gasteiger partial charge in [0.05, 0.1) is 12.7 Å². The number of para-hydroxylation sites is 1. The topological polar surface area (TPSA) is 32.7 Å². The zero-order chi connectivity index (χ0) is 12.7.